The Labute approximate surface area is 224 Å². The lowest BCUT2D eigenvalue weighted by atomic mass is 9.76. The highest BCUT2D eigenvalue weighted by Gasteiger charge is 2.29. The van der Waals surface area contributed by atoms with Crippen LogP contribution in [-0.4, -0.2) is 52.7 Å². The summed E-state index contributed by atoms with van der Waals surface area (Å²) >= 11 is 5.05. The molecule has 0 heterocycles. The van der Waals surface area contributed by atoms with Crippen molar-refractivity contribution < 1.29 is 14.5 Å². The topological polar surface area (TPSA) is 81.6 Å². The van der Waals surface area contributed by atoms with Crippen LogP contribution >= 0.6 is 12.2 Å². The maximum absolute atomic E-state index is 12.4. The maximum atomic E-state index is 12.4. The lowest BCUT2D eigenvalue weighted by Gasteiger charge is -2.29. The summed E-state index contributed by atoms with van der Waals surface area (Å²) in [5, 5.41) is 13.2. The fourth-order valence-corrected chi connectivity index (χ4v) is 5.43. The van der Waals surface area contributed by atoms with Gasteiger partial charge in [0.1, 0.15) is 13.1 Å². The monoisotopic (exact) mass is 515 g/mol. The standard InChI is InChI=1S/C30H34N4O2S/c1-5-33(6-2)22-10-13-24-19(16-22)15-20-17-23(34(7-3)8-4)11-14-25(20)28(24)27-18-21(32-30(31)37)9-12-26(27)29(35)36/h9-14,16-18H,5-8,15H2,1-4H3,(H3-,31,32,35,36,37)/p+1. The summed E-state index contributed by atoms with van der Waals surface area (Å²) in [7, 11) is 0. The molecule has 0 bridgehead atoms. The van der Waals surface area contributed by atoms with Crippen LogP contribution in [0.3, 0.4) is 0 Å². The van der Waals surface area contributed by atoms with Gasteiger partial charge in [0, 0.05) is 36.6 Å². The predicted octanol–water partition coefficient (Wildman–Crippen LogP) is 5.23. The average molecular weight is 516 g/mol. The Bertz CT molecular complexity index is 1370. The number of hydrogen-bond donors (Lipinski definition) is 3. The molecule has 2 aromatic carbocycles. The van der Waals surface area contributed by atoms with Gasteiger partial charge in [-0.15, -0.1) is 0 Å². The van der Waals surface area contributed by atoms with Gasteiger partial charge in [0.2, 0.25) is 0 Å². The molecule has 0 spiro atoms. The van der Waals surface area contributed by atoms with Gasteiger partial charge >= 0.3 is 5.97 Å². The van der Waals surface area contributed by atoms with Crippen molar-refractivity contribution in [3.63, 3.8) is 0 Å². The van der Waals surface area contributed by atoms with Crippen LogP contribution in [0.5, 0.6) is 0 Å². The molecule has 7 heteroatoms. The number of nitrogens with zero attached hydrogens (tertiary/aromatic N) is 2. The molecule has 0 saturated carbocycles. The van der Waals surface area contributed by atoms with Crippen LogP contribution in [0, 0.1) is 0 Å². The lowest BCUT2D eigenvalue weighted by molar-refractivity contribution is -0.519. The number of nitrogens with one attached hydrogen (secondary N) is 1. The SMILES string of the molecule is CCN(CC)c1ccc2c(c1)CC1=CC(=[N+](CC)CC)C=CC1=C2c1cc(NC(N)=S)ccc1C(=O)O. The van der Waals surface area contributed by atoms with Crippen LogP contribution in [-0.2, 0) is 6.42 Å². The zero-order valence-corrected chi connectivity index (χ0v) is 22.8. The van der Waals surface area contributed by atoms with Crippen molar-refractivity contribution in [1.29, 1.82) is 0 Å². The van der Waals surface area contributed by atoms with Gasteiger partial charge in [-0.2, -0.15) is 0 Å². The molecule has 2 aliphatic carbocycles. The molecule has 0 radical (unpaired) electrons. The Hall–Kier alpha value is -3.71. The number of carbonyl (C=O) groups is 1. The summed E-state index contributed by atoms with van der Waals surface area (Å²) < 4.78 is 2.33. The molecular formula is C30H35N4O2S+. The maximum Gasteiger partial charge on any atom is 0.336 e. The van der Waals surface area contributed by atoms with Gasteiger partial charge in [0.15, 0.2) is 10.8 Å². The first-order valence-electron chi connectivity index (χ1n) is 12.9. The predicted molar refractivity (Wildman–Crippen MR) is 157 cm³/mol. The van der Waals surface area contributed by atoms with E-state index in [0.717, 1.165) is 49.3 Å². The quantitative estimate of drug-likeness (QED) is 0.330. The number of rotatable bonds is 8. The van der Waals surface area contributed by atoms with Crippen LogP contribution in [0.1, 0.15) is 54.7 Å². The third-order valence-electron chi connectivity index (χ3n) is 7.14. The molecule has 0 aliphatic heterocycles. The molecule has 0 unspecified atom stereocenters. The number of nitrogens with two attached hydrogens (primary N) is 1. The van der Waals surface area contributed by atoms with Crippen LogP contribution < -0.4 is 16.0 Å². The number of hydrogen-bond acceptors (Lipinski definition) is 3. The van der Waals surface area contributed by atoms with Gasteiger partial charge in [0.25, 0.3) is 0 Å². The summed E-state index contributed by atoms with van der Waals surface area (Å²) in [4.78, 5) is 14.7. The van der Waals surface area contributed by atoms with E-state index >= 15 is 0 Å². The fourth-order valence-electron chi connectivity index (χ4n) is 5.31. The van der Waals surface area contributed by atoms with Gasteiger partial charge in [-0.25, -0.2) is 9.37 Å². The number of benzene rings is 2. The van der Waals surface area contributed by atoms with Crippen molar-refractivity contribution in [2.24, 2.45) is 5.73 Å². The van der Waals surface area contributed by atoms with Crippen molar-refractivity contribution >= 4 is 46.0 Å². The number of carboxylic acids is 1. The van der Waals surface area contributed by atoms with E-state index in [0.29, 0.717) is 11.3 Å². The Morgan fingerprint density at radius 1 is 1.05 bits per heavy atom. The van der Waals surface area contributed by atoms with Crippen molar-refractivity contribution in [1.82, 2.24) is 0 Å². The molecule has 37 heavy (non-hydrogen) atoms. The third kappa shape index (κ3) is 5.23. The lowest BCUT2D eigenvalue weighted by Crippen LogP contribution is -2.23. The molecule has 2 aromatic rings. The van der Waals surface area contributed by atoms with E-state index in [-0.39, 0.29) is 10.7 Å². The van der Waals surface area contributed by atoms with E-state index < -0.39 is 5.97 Å². The highest BCUT2D eigenvalue weighted by atomic mass is 32.1. The van der Waals surface area contributed by atoms with Gasteiger partial charge in [-0.05, 0) is 116 Å². The first-order chi connectivity index (χ1) is 17.8. The first-order valence-corrected chi connectivity index (χ1v) is 13.3. The molecule has 4 rings (SSSR count). The highest BCUT2D eigenvalue weighted by Crippen LogP contribution is 2.43. The smallest absolute Gasteiger partial charge is 0.336 e. The minimum absolute atomic E-state index is 0.135. The van der Waals surface area contributed by atoms with E-state index in [9.17, 15) is 9.90 Å². The number of anilines is 2. The summed E-state index contributed by atoms with van der Waals surface area (Å²) in [6.07, 6.45) is 7.32. The first kappa shape index (κ1) is 26.4. The second-order valence-corrected chi connectivity index (χ2v) is 9.57. The number of aromatic carboxylic acids is 1. The zero-order chi connectivity index (χ0) is 26.7. The summed E-state index contributed by atoms with van der Waals surface area (Å²) in [6, 6.07) is 11.7. The number of allylic oxidation sites excluding steroid dienone is 5. The van der Waals surface area contributed by atoms with Crippen molar-refractivity contribution in [2.45, 2.75) is 34.1 Å². The summed E-state index contributed by atoms with van der Waals surface area (Å²) in [5.74, 6) is -0.974. The molecule has 0 aromatic heterocycles. The largest absolute Gasteiger partial charge is 0.478 e. The van der Waals surface area contributed by atoms with E-state index in [1.807, 2.05) is 6.07 Å². The van der Waals surface area contributed by atoms with Gasteiger partial charge in [-0.3, -0.25) is 0 Å². The number of thiocarbonyl (C=S) groups is 1. The minimum Gasteiger partial charge on any atom is -0.478 e. The second kappa shape index (κ2) is 11.1. The molecule has 0 amide bonds. The molecule has 2 aliphatic rings. The van der Waals surface area contributed by atoms with E-state index in [2.05, 4.69) is 78.9 Å². The van der Waals surface area contributed by atoms with Crippen LogP contribution in [0.4, 0.5) is 11.4 Å². The van der Waals surface area contributed by atoms with E-state index in [1.165, 1.54) is 22.5 Å². The van der Waals surface area contributed by atoms with Crippen molar-refractivity contribution in [3.8, 4) is 0 Å². The molecule has 0 fully saturated rings. The molecule has 6 nitrogen and oxygen atoms in total. The summed E-state index contributed by atoms with van der Waals surface area (Å²) in [5.41, 5.74) is 15.0. The van der Waals surface area contributed by atoms with Crippen molar-refractivity contribution in [3.05, 3.63) is 88.0 Å². The molecular weight excluding hydrogens is 480 g/mol. The Morgan fingerprint density at radius 3 is 2.41 bits per heavy atom. The molecule has 0 saturated heterocycles. The second-order valence-electron chi connectivity index (χ2n) is 9.13. The average Bonchev–Trinajstić information content (AvgIpc) is 2.88. The third-order valence-corrected chi connectivity index (χ3v) is 7.24. The van der Waals surface area contributed by atoms with E-state index in [1.54, 1.807) is 12.1 Å². The Morgan fingerprint density at radius 2 is 1.78 bits per heavy atom. The van der Waals surface area contributed by atoms with Crippen LogP contribution in [0.2, 0.25) is 0 Å². The van der Waals surface area contributed by atoms with Crippen molar-refractivity contribution in [2.75, 3.05) is 36.4 Å². The van der Waals surface area contributed by atoms with Gasteiger partial charge in [-0.1, -0.05) is 6.07 Å². The Kier molecular flexibility index (Phi) is 7.93. The highest BCUT2D eigenvalue weighted by molar-refractivity contribution is 7.80. The van der Waals surface area contributed by atoms with Gasteiger partial charge in [0.05, 0.1) is 5.56 Å². The van der Waals surface area contributed by atoms with Crippen LogP contribution in [0.15, 0.2) is 65.8 Å². The summed E-state index contributed by atoms with van der Waals surface area (Å²) in [6.45, 7) is 12.3. The normalized spacial score (nSPS) is 14.1. The fraction of sp³-hybridized carbons (Fsp3) is 0.300. The number of fused-ring (bicyclic) bond motifs is 2. The van der Waals surface area contributed by atoms with Crippen LogP contribution in [0.25, 0.3) is 5.57 Å². The van der Waals surface area contributed by atoms with Gasteiger partial charge < -0.3 is 21.1 Å². The Balaban J connectivity index is 2.02. The van der Waals surface area contributed by atoms with E-state index in [4.69, 9.17) is 18.0 Å². The molecule has 192 valence electrons. The molecule has 0 atom stereocenters. The number of carboxylic acid groups (broad SMARTS) is 1. The minimum atomic E-state index is -0.974. The molecule has 4 N–H and O–H groups in total. The zero-order valence-electron chi connectivity index (χ0n) is 22.0.